The average molecular weight is 591 g/mol. The van der Waals surface area contributed by atoms with Crippen molar-refractivity contribution >= 4 is 49.9 Å². The maximum Gasteiger partial charge on any atom is 0.253 e. The van der Waals surface area contributed by atoms with E-state index in [9.17, 15) is 33.6 Å². The fourth-order valence-corrected chi connectivity index (χ4v) is 3.80. The fraction of sp³-hybridized carbons (Fsp3) is 0.423. The summed E-state index contributed by atoms with van der Waals surface area (Å²) in [6, 6.07) is 8.01. The van der Waals surface area contributed by atoms with Gasteiger partial charge in [0.25, 0.3) is 11.8 Å². The smallest absolute Gasteiger partial charge is 0.253 e. The van der Waals surface area contributed by atoms with Crippen LogP contribution in [-0.4, -0.2) is 105 Å². The van der Waals surface area contributed by atoms with Crippen LogP contribution >= 0.6 is 8.58 Å². The van der Waals surface area contributed by atoms with E-state index in [0.29, 0.717) is 14.9 Å². The van der Waals surface area contributed by atoms with Crippen LogP contribution < -0.4 is 26.6 Å². The van der Waals surface area contributed by atoms with Gasteiger partial charge in [0.15, 0.2) is 0 Å². The van der Waals surface area contributed by atoms with Crippen LogP contribution in [-0.2, 0) is 44.7 Å². The van der Waals surface area contributed by atoms with Crippen LogP contribution in [0.1, 0.15) is 12.0 Å². The SMILES string of the molecule is CPCNC(=O)CNC(=O)C(Cc1ccccc1)NC(=O)CNC(=O)CNC(=O)CCOCCN1C(=O)C=CC1=O. The van der Waals surface area contributed by atoms with Gasteiger partial charge >= 0.3 is 0 Å². The van der Waals surface area contributed by atoms with E-state index in [4.69, 9.17) is 4.74 Å². The normalized spacial score (nSPS) is 13.2. The summed E-state index contributed by atoms with van der Waals surface area (Å²) in [5, 5.41) is 12.5. The van der Waals surface area contributed by atoms with Crippen molar-refractivity contribution in [3.63, 3.8) is 0 Å². The molecule has 14 nitrogen and oxygen atoms in total. The molecule has 2 unspecified atom stereocenters. The Morgan fingerprint density at radius 2 is 1.41 bits per heavy atom. The van der Waals surface area contributed by atoms with Crippen molar-refractivity contribution in [2.45, 2.75) is 18.9 Å². The van der Waals surface area contributed by atoms with Gasteiger partial charge in [-0.25, -0.2) is 0 Å². The molecule has 2 atom stereocenters. The Balaban J connectivity index is 1.68. The minimum Gasteiger partial charge on any atom is -0.379 e. The summed E-state index contributed by atoms with van der Waals surface area (Å²) in [7, 11) is 0.530. The molecular weight excluding hydrogens is 555 g/mol. The summed E-state index contributed by atoms with van der Waals surface area (Å²) in [5.74, 6) is -3.45. The van der Waals surface area contributed by atoms with E-state index in [2.05, 4.69) is 26.6 Å². The Bertz CT molecular complexity index is 1110. The number of ether oxygens (including phenoxy) is 1. The summed E-state index contributed by atoms with van der Waals surface area (Å²) < 4.78 is 5.25. The number of hydrogen-bond acceptors (Lipinski definition) is 8. The van der Waals surface area contributed by atoms with Gasteiger partial charge in [0.1, 0.15) is 6.04 Å². The first-order chi connectivity index (χ1) is 19.7. The maximum absolute atomic E-state index is 12.7. The second-order valence-electron chi connectivity index (χ2n) is 8.74. The summed E-state index contributed by atoms with van der Waals surface area (Å²) in [4.78, 5) is 84.9. The van der Waals surface area contributed by atoms with Gasteiger partial charge in [0.05, 0.1) is 39.4 Å². The molecule has 5 N–H and O–H groups in total. The van der Waals surface area contributed by atoms with Crippen molar-refractivity contribution in [2.24, 2.45) is 0 Å². The van der Waals surface area contributed by atoms with Crippen LogP contribution in [0.4, 0.5) is 0 Å². The highest BCUT2D eigenvalue weighted by atomic mass is 31.1. The molecule has 0 aromatic heterocycles. The van der Waals surface area contributed by atoms with Crippen LogP contribution in [0.2, 0.25) is 0 Å². The lowest BCUT2D eigenvalue weighted by Crippen LogP contribution is -2.52. The van der Waals surface area contributed by atoms with Crippen molar-refractivity contribution < 1.29 is 38.3 Å². The van der Waals surface area contributed by atoms with Crippen molar-refractivity contribution in [3.05, 3.63) is 48.0 Å². The molecule has 41 heavy (non-hydrogen) atoms. The van der Waals surface area contributed by atoms with Gasteiger partial charge in [-0.1, -0.05) is 30.3 Å². The van der Waals surface area contributed by atoms with Crippen LogP contribution in [0.5, 0.6) is 0 Å². The van der Waals surface area contributed by atoms with Crippen LogP contribution in [0.25, 0.3) is 0 Å². The van der Waals surface area contributed by atoms with Gasteiger partial charge in [-0.05, 0) is 12.2 Å². The highest BCUT2D eigenvalue weighted by Crippen LogP contribution is 2.04. The number of nitrogens with zero attached hydrogens (tertiary/aromatic N) is 1. The number of amides is 7. The molecule has 1 aliphatic heterocycles. The summed E-state index contributed by atoms with van der Waals surface area (Å²) in [6.45, 7) is 1.04. The molecule has 0 saturated heterocycles. The quantitative estimate of drug-likeness (QED) is 0.0721. The summed E-state index contributed by atoms with van der Waals surface area (Å²) in [6.07, 6.45) is 2.96. The average Bonchev–Trinajstić information content (AvgIpc) is 3.28. The minimum atomic E-state index is -0.986. The molecule has 1 aromatic rings. The lowest BCUT2D eigenvalue weighted by molar-refractivity contribution is -0.138. The van der Waals surface area contributed by atoms with Crippen molar-refractivity contribution in [2.75, 3.05) is 52.3 Å². The van der Waals surface area contributed by atoms with E-state index >= 15 is 0 Å². The minimum absolute atomic E-state index is 0.0188. The zero-order valence-electron chi connectivity index (χ0n) is 22.7. The summed E-state index contributed by atoms with van der Waals surface area (Å²) >= 11 is 0. The van der Waals surface area contributed by atoms with Crippen LogP contribution in [0, 0.1) is 0 Å². The van der Waals surface area contributed by atoms with Gasteiger partial charge < -0.3 is 31.3 Å². The van der Waals surface area contributed by atoms with E-state index in [-0.39, 0.29) is 51.6 Å². The monoisotopic (exact) mass is 590 g/mol. The highest BCUT2D eigenvalue weighted by Gasteiger charge is 2.23. The van der Waals surface area contributed by atoms with E-state index in [0.717, 1.165) is 10.5 Å². The molecule has 2 rings (SSSR count). The third-order valence-electron chi connectivity index (χ3n) is 5.55. The predicted molar refractivity (Wildman–Crippen MR) is 150 cm³/mol. The second kappa shape index (κ2) is 18.2. The van der Waals surface area contributed by atoms with Crippen molar-refractivity contribution in [3.8, 4) is 0 Å². The van der Waals surface area contributed by atoms with Crippen molar-refractivity contribution in [1.82, 2.24) is 31.5 Å². The molecule has 1 heterocycles. The molecule has 0 bridgehead atoms. The Labute approximate surface area is 239 Å². The third-order valence-corrected chi connectivity index (χ3v) is 6.08. The second-order valence-corrected chi connectivity index (χ2v) is 9.80. The zero-order chi connectivity index (χ0) is 30.0. The van der Waals surface area contributed by atoms with Gasteiger partial charge in [0.2, 0.25) is 29.5 Å². The molecule has 1 aromatic carbocycles. The van der Waals surface area contributed by atoms with Crippen molar-refractivity contribution in [1.29, 1.82) is 0 Å². The maximum atomic E-state index is 12.7. The van der Waals surface area contributed by atoms with E-state index in [1.165, 1.54) is 12.2 Å². The standard InChI is InChI=1S/C26H35N6O8P/c1-41-17-30-22(35)15-29-26(39)19(13-18-5-3-2-4-6-18)31-23(36)16-28-21(34)14-27-20(33)9-11-40-12-10-32-24(37)7-8-25(32)38/h2-8,19,41H,9-17H2,1H3,(H,27,33)(H,28,34)(H,29,39)(H,30,35)(H,31,36). The van der Waals surface area contributed by atoms with Gasteiger partial charge in [-0.2, -0.15) is 0 Å². The number of nitrogens with one attached hydrogen (secondary N) is 5. The van der Waals surface area contributed by atoms with Gasteiger partial charge in [-0.15, -0.1) is 8.58 Å². The molecule has 222 valence electrons. The van der Waals surface area contributed by atoms with Crippen LogP contribution in [0.15, 0.2) is 42.5 Å². The predicted octanol–water partition coefficient (Wildman–Crippen LogP) is -2.22. The lowest BCUT2D eigenvalue weighted by Gasteiger charge is -2.19. The molecule has 0 fully saturated rings. The first-order valence-corrected chi connectivity index (χ1v) is 14.6. The Morgan fingerprint density at radius 3 is 2.10 bits per heavy atom. The molecule has 1 aliphatic rings. The number of carbonyl (C=O) groups excluding carboxylic acids is 7. The number of rotatable bonds is 18. The molecule has 0 aliphatic carbocycles. The first kappa shape index (κ1) is 33.0. The topological polar surface area (TPSA) is 192 Å². The Kier molecular flexibility index (Phi) is 14.7. The number of hydrogen-bond donors (Lipinski definition) is 5. The number of benzene rings is 1. The Morgan fingerprint density at radius 1 is 0.805 bits per heavy atom. The Hall–Kier alpha value is -4.16. The number of carbonyl (C=O) groups is 7. The molecule has 0 saturated carbocycles. The van der Waals surface area contributed by atoms with Gasteiger partial charge in [-0.3, -0.25) is 38.5 Å². The lowest BCUT2D eigenvalue weighted by atomic mass is 10.1. The van der Waals surface area contributed by atoms with E-state index in [1.807, 2.05) is 12.7 Å². The molecule has 0 radical (unpaired) electrons. The number of imide groups is 1. The van der Waals surface area contributed by atoms with E-state index < -0.39 is 48.0 Å². The highest BCUT2D eigenvalue weighted by molar-refractivity contribution is 7.36. The molecular formula is C26H35N6O8P. The van der Waals surface area contributed by atoms with E-state index in [1.54, 1.807) is 24.3 Å². The summed E-state index contributed by atoms with van der Waals surface area (Å²) in [5.41, 5.74) is 0.787. The zero-order valence-corrected chi connectivity index (χ0v) is 23.7. The van der Waals surface area contributed by atoms with Gasteiger partial charge in [0, 0.05) is 31.3 Å². The third kappa shape index (κ3) is 13.2. The largest absolute Gasteiger partial charge is 0.379 e. The molecule has 0 spiro atoms. The molecule has 15 heteroatoms. The first-order valence-electron chi connectivity index (χ1n) is 12.9. The fourth-order valence-electron chi connectivity index (χ4n) is 3.43. The van der Waals surface area contributed by atoms with Crippen LogP contribution in [0.3, 0.4) is 0 Å². The molecule has 7 amide bonds.